The molecule has 1 aromatic heterocycles. The van der Waals surface area contributed by atoms with E-state index in [1.807, 2.05) is 4.90 Å². The minimum absolute atomic E-state index is 0.0497. The van der Waals surface area contributed by atoms with E-state index in [0.29, 0.717) is 37.5 Å². The maximum Gasteiger partial charge on any atom is 0.273 e. The molecule has 2 aliphatic carbocycles. The molecule has 0 atom stereocenters. The van der Waals surface area contributed by atoms with E-state index in [2.05, 4.69) is 10.5 Å². The first-order valence-corrected chi connectivity index (χ1v) is 10.00. The molecule has 8 nitrogen and oxygen atoms in total. The van der Waals surface area contributed by atoms with Gasteiger partial charge in [0.2, 0.25) is 5.91 Å². The van der Waals surface area contributed by atoms with E-state index < -0.39 is 0 Å². The monoisotopic (exact) mass is 378 g/mol. The minimum atomic E-state index is -0.189. The quantitative estimate of drug-likeness (QED) is 0.593. The Morgan fingerprint density at radius 3 is 2.63 bits per heavy atom. The van der Waals surface area contributed by atoms with E-state index in [1.54, 1.807) is 6.07 Å². The summed E-state index contributed by atoms with van der Waals surface area (Å²) < 4.78 is 5.25. The molecule has 150 valence electrons. The number of nitrogens with two attached hydrogens (primary N) is 1. The van der Waals surface area contributed by atoms with Crippen LogP contribution in [-0.4, -0.2) is 58.8 Å². The molecule has 2 saturated carbocycles. The summed E-state index contributed by atoms with van der Waals surface area (Å²) in [4.78, 5) is 26.6. The summed E-state index contributed by atoms with van der Waals surface area (Å²) in [6, 6.07) is 1.98. The van der Waals surface area contributed by atoms with Crippen LogP contribution >= 0.6 is 0 Å². The molecule has 8 heteroatoms. The molecule has 0 bridgehead atoms. The molecule has 2 aliphatic rings. The second-order valence-corrected chi connectivity index (χ2v) is 7.57. The van der Waals surface area contributed by atoms with Crippen molar-refractivity contribution >= 4 is 11.8 Å². The van der Waals surface area contributed by atoms with E-state index in [9.17, 15) is 9.59 Å². The van der Waals surface area contributed by atoms with Crippen molar-refractivity contribution in [2.75, 3.05) is 19.7 Å². The number of nitrogens with zero attached hydrogens (tertiary/aromatic N) is 2. The molecule has 2 fully saturated rings. The third kappa shape index (κ3) is 5.29. The lowest BCUT2D eigenvalue weighted by Crippen LogP contribution is -2.47. The fourth-order valence-corrected chi connectivity index (χ4v) is 3.77. The van der Waals surface area contributed by atoms with Crippen LogP contribution < -0.4 is 11.1 Å². The molecule has 27 heavy (non-hydrogen) atoms. The maximum atomic E-state index is 12.4. The second kappa shape index (κ2) is 9.32. The highest BCUT2D eigenvalue weighted by Crippen LogP contribution is 2.40. The number of carbonyl (C=O) groups is 2. The third-order valence-corrected chi connectivity index (χ3v) is 5.45. The lowest BCUT2D eigenvalue weighted by molar-refractivity contribution is -0.134. The zero-order chi connectivity index (χ0) is 19.2. The third-order valence-electron chi connectivity index (χ3n) is 5.45. The van der Waals surface area contributed by atoms with Crippen molar-refractivity contribution in [3.63, 3.8) is 0 Å². The van der Waals surface area contributed by atoms with Crippen molar-refractivity contribution in [2.24, 2.45) is 5.73 Å². The van der Waals surface area contributed by atoms with Crippen LogP contribution in [0.3, 0.4) is 0 Å². The Balaban J connectivity index is 1.49. The van der Waals surface area contributed by atoms with Crippen LogP contribution in [0.2, 0.25) is 0 Å². The van der Waals surface area contributed by atoms with E-state index >= 15 is 0 Å². The first-order valence-electron chi connectivity index (χ1n) is 10.00. The van der Waals surface area contributed by atoms with Gasteiger partial charge in [0.05, 0.1) is 0 Å². The topological polar surface area (TPSA) is 122 Å². The van der Waals surface area contributed by atoms with Gasteiger partial charge in [0.15, 0.2) is 5.69 Å². The second-order valence-electron chi connectivity index (χ2n) is 7.57. The normalized spacial score (nSPS) is 22.4. The van der Waals surface area contributed by atoms with Gasteiger partial charge in [-0.15, -0.1) is 0 Å². The average molecular weight is 378 g/mol. The Hall–Kier alpha value is -1.93. The molecule has 0 saturated heterocycles. The van der Waals surface area contributed by atoms with Crippen LogP contribution in [0.5, 0.6) is 0 Å². The van der Waals surface area contributed by atoms with Gasteiger partial charge in [-0.2, -0.15) is 0 Å². The van der Waals surface area contributed by atoms with Gasteiger partial charge in [0.1, 0.15) is 5.76 Å². The van der Waals surface area contributed by atoms with Crippen molar-refractivity contribution in [1.82, 2.24) is 15.4 Å². The lowest BCUT2D eigenvalue weighted by atomic mass is 9.89. The number of nitrogens with one attached hydrogen (secondary N) is 1. The van der Waals surface area contributed by atoms with Crippen LogP contribution in [0.1, 0.15) is 73.5 Å². The molecular weight excluding hydrogens is 348 g/mol. The van der Waals surface area contributed by atoms with Gasteiger partial charge >= 0.3 is 0 Å². The minimum Gasteiger partial charge on any atom is -0.396 e. The summed E-state index contributed by atoms with van der Waals surface area (Å²) in [5.74, 6) is 1.10. The van der Waals surface area contributed by atoms with Gasteiger partial charge < -0.3 is 25.6 Å². The van der Waals surface area contributed by atoms with Crippen molar-refractivity contribution in [1.29, 1.82) is 0 Å². The zero-order valence-electron chi connectivity index (χ0n) is 15.7. The Labute approximate surface area is 159 Å². The number of aliphatic hydroxyl groups is 1. The van der Waals surface area contributed by atoms with Crippen molar-refractivity contribution < 1.29 is 19.2 Å². The average Bonchev–Trinajstić information content (AvgIpc) is 3.40. The molecule has 3 rings (SSSR count). The highest BCUT2D eigenvalue weighted by molar-refractivity contribution is 5.92. The standard InChI is InChI=1S/C19H30N4O4/c20-9-8-18(25)23(10-1-11-24)15-6-4-14(5-7-15)21-19(26)16-12-17(27-22-16)13-2-3-13/h12-15,24H,1-11,20H2,(H,21,26). The SMILES string of the molecule is NCCC(=O)N(CCCO)C1CCC(NC(=O)c2cc(C3CC3)on2)CC1. The molecule has 0 unspecified atom stereocenters. The van der Waals surface area contributed by atoms with Gasteiger partial charge in [-0.3, -0.25) is 9.59 Å². The Morgan fingerprint density at radius 2 is 2.00 bits per heavy atom. The number of hydrogen-bond donors (Lipinski definition) is 3. The highest BCUT2D eigenvalue weighted by Gasteiger charge is 2.31. The number of aromatic nitrogens is 1. The van der Waals surface area contributed by atoms with Crippen LogP contribution in [0.25, 0.3) is 0 Å². The zero-order valence-corrected chi connectivity index (χ0v) is 15.7. The van der Waals surface area contributed by atoms with E-state index in [1.165, 1.54) is 0 Å². The number of aliphatic hydroxyl groups excluding tert-OH is 1. The summed E-state index contributed by atoms with van der Waals surface area (Å²) in [5.41, 5.74) is 5.87. The fraction of sp³-hybridized carbons (Fsp3) is 0.737. The summed E-state index contributed by atoms with van der Waals surface area (Å²) in [7, 11) is 0. The van der Waals surface area contributed by atoms with Gasteiger partial charge in [0, 0.05) is 50.2 Å². The summed E-state index contributed by atoms with van der Waals surface area (Å²) in [5, 5.41) is 16.0. The van der Waals surface area contributed by atoms with Crippen molar-refractivity contribution in [3.8, 4) is 0 Å². The number of carbonyl (C=O) groups excluding carboxylic acids is 2. The molecule has 0 spiro atoms. The molecule has 1 aromatic rings. The molecule has 0 radical (unpaired) electrons. The lowest BCUT2D eigenvalue weighted by Gasteiger charge is -2.37. The Kier molecular flexibility index (Phi) is 6.84. The van der Waals surface area contributed by atoms with Crippen LogP contribution in [0.15, 0.2) is 10.6 Å². The first-order chi connectivity index (χ1) is 13.1. The predicted octanol–water partition coefficient (Wildman–Crippen LogP) is 1.15. The van der Waals surface area contributed by atoms with Crippen LogP contribution in [0.4, 0.5) is 0 Å². The van der Waals surface area contributed by atoms with E-state index in [0.717, 1.165) is 44.3 Å². The highest BCUT2D eigenvalue weighted by atomic mass is 16.5. The summed E-state index contributed by atoms with van der Waals surface area (Å²) in [6.07, 6.45) is 6.41. The van der Waals surface area contributed by atoms with Gasteiger partial charge in [0.25, 0.3) is 5.91 Å². The smallest absolute Gasteiger partial charge is 0.273 e. The van der Waals surface area contributed by atoms with Crippen LogP contribution in [-0.2, 0) is 4.79 Å². The molecular formula is C19H30N4O4. The molecule has 2 amide bonds. The van der Waals surface area contributed by atoms with Gasteiger partial charge in [-0.05, 0) is 44.9 Å². The maximum absolute atomic E-state index is 12.4. The van der Waals surface area contributed by atoms with Crippen molar-refractivity contribution in [2.45, 2.75) is 69.4 Å². The Bertz CT molecular complexity index is 635. The molecule has 1 heterocycles. The number of amides is 2. The van der Waals surface area contributed by atoms with Gasteiger partial charge in [-0.25, -0.2) is 0 Å². The van der Waals surface area contributed by atoms with Crippen LogP contribution in [0, 0.1) is 0 Å². The predicted molar refractivity (Wildman–Crippen MR) is 99.1 cm³/mol. The Morgan fingerprint density at radius 1 is 1.26 bits per heavy atom. The largest absolute Gasteiger partial charge is 0.396 e. The fourth-order valence-electron chi connectivity index (χ4n) is 3.77. The summed E-state index contributed by atoms with van der Waals surface area (Å²) in [6.45, 7) is 0.957. The summed E-state index contributed by atoms with van der Waals surface area (Å²) >= 11 is 0. The first kappa shape index (κ1) is 19.8. The number of rotatable bonds is 9. The van der Waals surface area contributed by atoms with Gasteiger partial charge in [-0.1, -0.05) is 5.16 Å². The number of hydrogen-bond acceptors (Lipinski definition) is 6. The molecule has 4 N–H and O–H groups in total. The molecule has 0 aromatic carbocycles. The van der Waals surface area contributed by atoms with Crippen molar-refractivity contribution in [3.05, 3.63) is 17.5 Å². The van der Waals surface area contributed by atoms with E-state index in [4.69, 9.17) is 15.4 Å². The van der Waals surface area contributed by atoms with E-state index in [-0.39, 0.29) is 30.5 Å². The molecule has 0 aliphatic heterocycles.